The van der Waals surface area contributed by atoms with Gasteiger partial charge in [-0.05, 0) is 50.1 Å². The average Bonchev–Trinajstić information content (AvgIpc) is 3.37. The van der Waals surface area contributed by atoms with Crippen LogP contribution in [0.2, 0.25) is 0 Å². The first-order chi connectivity index (χ1) is 12.6. The SMILES string of the molecule is Cc1csc(C2(NC(=O)Nc3ccc(-n4cccn4)cc3)CCCC2)n1. The van der Waals surface area contributed by atoms with E-state index >= 15 is 0 Å². The summed E-state index contributed by atoms with van der Waals surface area (Å²) in [6.45, 7) is 1.99. The molecule has 0 aliphatic heterocycles. The Balaban J connectivity index is 1.46. The molecule has 0 bridgehead atoms. The van der Waals surface area contributed by atoms with Crippen molar-refractivity contribution in [3.05, 3.63) is 58.8 Å². The summed E-state index contributed by atoms with van der Waals surface area (Å²) in [5.74, 6) is 0. The third kappa shape index (κ3) is 3.35. The van der Waals surface area contributed by atoms with Crippen molar-refractivity contribution < 1.29 is 4.79 Å². The van der Waals surface area contributed by atoms with Crippen molar-refractivity contribution in [3.63, 3.8) is 0 Å². The number of thiazole rings is 1. The summed E-state index contributed by atoms with van der Waals surface area (Å²) >= 11 is 1.63. The van der Waals surface area contributed by atoms with E-state index in [0.29, 0.717) is 0 Å². The van der Waals surface area contributed by atoms with Crippen LogP contribution in [0.15, 0.2) is 48.1 Å². The van der Waals surface area contributed by atoms with Crippen LogP contribution in [0.1, 0.15) is 36.4 Å². The molecule has 26 heavy (non-hydrogen) atoms. The van der Waals surface area contributed by atoms with Crippen LogP contribution in [0, 0.1) is 6.92 Å². The molecule has 134 valence electrons. The molecule has 3 aromatic rings. The van der Waals surface area contributed by atoms with E-state index < -0.39 is 0 Å². The molecule has 0 spiro atoms. The van der Waals surface area contributed by atoms with Crippen molar-refractivity contribution in [2.45, 2.75) is 38.1 Å². The lowest BCUT2D eigenvalue weighted by atomic mass is 9.99. The predicted octanol–water partition coefficient (Wildman–Crippen LogP) is 4.23. The molecule has 1 aliphatic rings. The second-order valence-corrected chi connectivity index (χ2v) is 7.52. The van der Waals surface area contributed by atoms with E-state index in [-0.39, 0.29) is 11.6 Å². The van der Waals surface area contributed by atoms with Crippen LogP contribution in [0.3, 0.4) is 0 Å². The van der Waals surface area contributed by atoms with E-state index in [2.05, 4.69) is 20.7 Å². The van der Waals surface area contributed by atoms with Gasteiger partial charge < -0.3 is 10.6 Å². The Morgan fingerprint density at radius 2 is 2.00 bits per heavy atom. The standard InChI is InChI=1S/C19H21N5OS/c1-14-13-26-17(21-14)19(9-2-3-10-19)23-18(25)22-15-5-7-16(8-6-15)24-12-4-11-20-24/h4-8,11-13H,2-3,9-10H2,1H3,(H2,22,23,25). The van der Waals surface area contributed by atoms with Gasteiger partial charge in [0.05, 0.1) is 11.2 Å². The predicted molar refractivity (Wildman–Crippen MR) is 103 cm³/mol. The number of urea groups is 1. The minimum atomic E-state index is -0.335. The molecule has 1 saturated carbocycles. The number of hydrogen-bond donors (Lipinski definition) is 2. The average molecular weight is 367 g/mol. The number of anilines is 1. The highest BCUT2D eigenvalue weighted by atomic mass is 32.1. The topological polar surface area (TPSA) is 71.8 Å². The highest BCUT2D eigenvalue weighted by Gasteiger charge is 2.39. The monoisotopic (exact) mass is 367 g/mol. The molecule has 0 saturated heterocycles. The Morgan fingerprint density at radius 3 is 2.62 bits per heavy atom. The molecule has 1 aliphatic carbocycles. The summed E-state index contributed by atoms with van der Waals surface area (Å²) < 4.78 is 1.78. The van der Waals surface area contributed by atoms with Gasteiger partial charge in [0.15, 0.2) is 0 Å². The molecule has 2 aromatic heterocycles. The Hall–Kier alpha value is -2.67. The van der Waals surface area contributed by atoms with Crippen molar-refractivity contribution in [2.75, 3.05) is 5.32 Å². The van der Waals surface area contributed by atoms with E-state index in [1.165, 1.54) is 0 Å². The number of carbonyl (C=O) groups excluding carboxylic acids is 1. The minimum absolute atomic E-state index is 0.188. The lowest BCUT2D eigenvalue weighted by Gasteiger charge is -2.28. The lowest BCUT2D eigenvalue weighted by molar-refractivity contribution is 0.236. The van der Waals surface area contributed by atoms with Crippen LogP contribution in [-0.2, 0) is 5.54 Å². The summed E-state index contributed by atoms with van der Waals surface area (Å²) in [6.07, 6.45) is 7.71. The third-order valence-corrected chi connectivity index (χ3v) is 5.90. The molecule has 0 unspecified atom stereocenters. The fourth-order valence-corrected chi connectivity index (χ4v) is 4.46. The number of carbonyl (C=O) groups is 1. The van der Waals surface area contributed by atoms with Gasteiger partial charge in [-0.25, -0.2) is 14.5 Å². The molecule has 1 fully saturated rings. The number of aryl methyl sites for hydroxylation is 1. The van der Waals surface area contributed by atoms with Crippen LogP contribution in [0.4, 0.5) is 10.5 Å². The van der Waals surface area contributed by atoms with E-state index in [9.17, 15) is 4.79 Å². The second kappa shape index (κ2) is 6.92. The summed E-state index contributed by atoms with van der Waals surface area (Å²) in [6, 6.07) is 9.31. The fourth-order valence-electron chi connectivity index (χ4n) is 3.44. The van der Waals surface area contributed by atoms with Crippen molar-refractivity contribution in [1.29, 1.82) is 0 Å². The highest BCUT2D eigenvalue weighted by molar-refractivity contribution is 7.09. The maximum absolute atomic E-state index is 12.6. The van der Waals surface area contributed by atoms with Crippen LogP contribution in [-0.4, -0.2) is 20.8 Å². The Morgan fingerprint density at radius 1 is 1.23 bits per heavy atom. The van der Waals surface area contributed by atoms with Crippen LogP contribution in [0.5, 0.6) is 0 Å². The molecule has 2 heterocycles. The maximum Gasteiger partial charge on any atom is 0.320 e. The van der Waals surface area contributed by atoms with E-state index in [0.717, 1.165) is 47.8 Å². The van der Waals surface area contributed by atoms with Crippen LogP contribution in [0.25, 0.3) is 5.69 Å². The van der Waals surface area contributed by atoms with Gasteiger partial charge in [0.2, 0.25) is 0 Å². The minimum Gasteiger partial charge on any atom is -0.326 e. The molecular weight excluding hydrogens is 346 g/mol. The fraction of sp³-hybridized carbons (Fsp3) is 0.316. The van der Waals surface area contributed by atoms with Crippen molar-refractivity contribution in [3.8, 4) is 5.69 Å². The largest absolute Gasteiger partial charge is 0.326 e. The Labute approximate surface area is 156 Å². The molecule has 6 nitrogen and oxygen atoms in total. The lowest BCUT2D eigenvalue weighted by Crippen LogP contribution is -2.45. The van der Waals surface area contributed by atoms with Gasteiger partial charge in [-0.1, -0.05) is 12.8 Å². The first kappa shape index (κ1) is 16.8. The number of aromatic nitrogens is 3. The van der Waals surface area contributed by atoms with Gasteiger partial charge in [-0.2, -0.15) is 5.10 Å². The number of rotatable bonds is 4. The maximum atomic E-state index is 12.6. The summed E-state index contributed by atoms with van der Waals surface area (Å²) in [5, 5.41) is 13.4. The molecule has 1 aromatic carbocycles. The quantitative estimate of drug-likeness (QED) is 0.725. The van der Waals surface area contributed by atoms with Crippen molar-refractivity contribution >= 4 is 23.1 Å². The zero-order chi connectivity index (χ0) is 18.0. The molecule has 4 rings (SSSR count). The Kier molecular flexibility index (Phi) is 4.46. The van der Waals surface area contributed by atoms with Crippen molar-refractivity contribution in [2.24, 2.45) is 0 Å². The molecular formula is C19H21N5OS. The van der Waals surface area contributed by atoms with E-state index in [1.807, 2.05) is 48.8 Å². The number of amides is 2. The third-order valence-electron chi connectivity index (χ3n) is 4.73. The van der Waals surface area contributed by atoms with Crippen molar-refractivity contribution in [1.82, 2.24) is 20.1 Å². The number of benzene rings is 1. The van der Waals surface area contributed by atoms with Gasteiger partial charge >= 0.3 is 6.03 Å². The van der Waals surface area contributed by atoms with E-state index in [1.54, 1.807) is 22.2 Å². The zero-order valence-corrected chi connectivity index (χ0v) is 15.4. The number of hydrogen-bond acceptors (Lipinski definition) is 4. The van der Waals surface area contributed by atoms with Gasteiger partial charge in [0.25, 0.3) is 0 Å². The molecule has 2 N–H and O–H groups in total. The highest BCUT2D eigenvalue weighted by Crippen LogP contribution is 2.40. The normalized spacial score (nSPS) is 15.7. The summed E-state index contributed by atoms with van der Waals surface area (Å²) in [4.78, 5) is 17.2. The Bertz CT molecular complexity index is 879. The second-order valence-electron chi connectivity index (χ2n) is 6.66. The zero-order valence-electron chi connectivity index (χ0n) is 14.6. The van der Waals surface area contributed by atoms with E-state index in [4.69, 9.17) is 0 Å². The first-order valence-electron chi connectivity index (χ1n) is 8.76. The molecule has 0 atom stereocenters. The van der Waals surface area contributed by atoms with Gasteiger partial charge in [0.1, 0.15) is 5.01 Å². The molecule has 0 radical (unpaired) electrons. The van der Waals surface area contributed by atoms with Crippen LogP contribution >= 0.6 is 11.3 Å². The number of nitrogens with one attached hydrogen (secondary N) is 2. The molecule has 2 amide bonds. The van der Waals surface area contributed by atoms with Gasteiger partial charge in [-0.15, -0.1) is 11.3 Å². The number of nitrogens with zero attached hydrogens (tertiary/aromatic N) is 3. The molecule has 7 heteroatoms. The van der Waals surface area contributed by atoms with Crippen LogP contribution < -0.4 is 10.6 Å². The smallest absolute Gasteiger partial charge is 0.320 e. The summed E-state index contributed by atoms with van der Waals surface area (Å²) in [7, 11) is 0. The summed E-state index contributed by atoms with van der Waals surface area (Å²) in [5.41, 5.74) is 2.37. The van der Waals surface area contributed by atoms with Gasteiger partial charge in [-0.3, -0.25) is 0 Å². The van der Waals surface area contributed by atoms with Gasteiger partial charge in [0, 0.05) is 29.2 Å². The first-order valence-corrected chi connectivity index (χ1v) is 9.64.